The second-order valence-electron chi connectivity index (χ2n) is 10.8. The molecule has 2 fully saturated rings. The van der Waals surface area contributed by atoms with Crippen LogP contribution in [0.3, 0.4) is 0 Å². The molecule has 220 valence electrons. The number of benzene rings is 3. The normalized spacial score (nSPS) is 19.1. The molecule has 0 unspecified atom stereocenters. The summed E-state index contributed by atoms with van der Waals surface area (Å²) >= 11 is 0. The topological polar surface area (TPSA) is 76.2 Å². The largest absolute Gasteiger partial charge is 0.337 e. The van der Waals surface area contributed by atoms with Crippen LogP contribution in [0.15, 0.2) is 84.9 Å². The molecule has 3 aromatic carbocycles. The number of hydrazine groups is 1. The van der Waals surface area contributed by atoms with Crippen LogP contribution in [-0.4, -0.2) is 76.0 Å². The maximum absolute atomic E-state index is 13.9. The Morgan fingerprint density at radius 3 is 2.21 bits per heavy atom. The van der Waals surface area contributed by atoms with Crippen molar-refractivity contribution >= 4 is 17.8 Å². The van der Waals surface area contributed by atoms with E-state index in [0.717, 1.165) is 30.4 Å². The van der Waals surface area contributed by atoms with Crippen molar-refractivity contribution in [3.63, 3.8) is 0 Å². The van der Waals surface area contributed by atoms with Crippen molar-refractivity contribution in [2.45, 2.75) is 51.4 Å². The van der Waals surface area contributed by atoms with E-state index in [1.165, 1.54) is 17.7 Å². The summed E-state index contributed by atoms with van der Waals surface area (Å²) in [7, 11) is 0. The van der Waals surface area contributed by atoms with Crippen LogP contribution < -0.4 is 5.32 Å². The summed E-state index contributed by atoms with van der Waals surface area (Å²) < 4.78 is 13.4. The SMILES string of the molecule is CCN1CC(=O)N2[C@@H](Cc3ccccc3)C(=O)N(CCCCc3ccccc3)C[C@@H]2N1C(=O)NCc1ccc(F)cc1. The van der Waals surface area contributed by atoms with Gasteiger partial charge in [0.2, 0.25) is 11.8 Å². The van der Waals surface area contributed by atoms with Gasteiger partial charge in [0.15, 0.2) is 0 Å². The summed E-state index contributed by atoms with van der Waals surface area (Å²) in [6.07, 6.45) is 2.40. The Hall–Kier alpha value is -4.24. The number of nitrogens with one attached hydrogen (secondary N) is 1. The van der Waals surface area contributed by atoms with E-state index in [4.69, 9.17) is 0 Å². The van der Waals surface area contributed by atoms with Gasteiger partial charge in [0.25, 0.3) is 0 Å². The lowest BCUT2D eigenvalue weighted by molar-refractivity contribution is -0.189. The molecule has 42 heavy (non-hydrogen) atoms. The van der Waals surface area contributed by atoms with Gasteiger partial charge in [0, 0.05) is 26.1 Å². The maximum Gasteiger partial charge on any atom is 0.334 e. The fourth-order valence-corrected chi connectivity index (χ4v) is 5.84. The van der Waals surface area contributed by atoms with Gasteiger partial charge in [-0.2, -0.15) is 0 Å². The van der Waals surface area contributed by atoms with Crippen molar-refractivity contribution in [2.75, 3.05) is 26.2 Å². The molecule has 0 spiro atoms. The Kier molecular flexibility index (Phi) is 9.48. The standard InChI is InChI=1S/C33H38FN5O3/c1-2-37-24-31(40)38-29(21-26-14-7-4-8-15-26)32(41)36(20-10-9-13-25-11-5-3-6-12-25)23-30(38)39(37)33(42)35-22-27-16-18-28(34)19-17-27/h3-8,11-12,14-19,29-30H,2,9-10,13,20-24H2,1H3,(H,35,42)/t29-,30-/m0/s1. The van der Waals surface area contributed by atoms with Gasteiger partial charge in [-0.15, -0.1) is 0 Å². The Balaban J connectivity index is 1.37. The molecule has 4 amide bonds. The zero-order valence-electron chi connectivity index (χ0n) is 24.0. The van der Waals surface area contributed by atoms with Crippen molar-refractivity contribution in [1.82, 2.24) is 25.1 Å². The number of amides is 4. The molecule has 3 aromatic rings. The van der Waals surface area contributed by atoms with Gasteiger partial charge in [-0.1, -0.05) is 79.7 Å². The zero-order valence-corrected chi connectivity index (χ0v) is 24.0. The van der Waals surface area contributed by atoms with E-state index in [0.29, 0.717) is 19.5 Å². The number of carbonyl (C=O) groups excluding carboxylic acids is 3. The molecule has 8 nitrogen and oxygen atoms in total. The first-order valence-corrected chi connectivity index (χ1v) is 14.7. The molecule has 0 bridgehead atoms. The van der Waals surface area contributed by atoms with Crippen molar-refractivity contribution in [3.05, 3.63) is 107 Å². The predicted octanol–water partition coefficient (Wildman–Crippen LogP) is 4.22. The fraction of sp³-hybridized carbons (Fsp3) is 0.364. The summed E-state index contributed by atoms with van der Waals surface area (Å²) in [5.74, 6) is -0.588. The molecule has 0 saturated carbocycles. The molecule has 5 rings (SSSR count). The number of likely N-dealkylation sites (N-methyl/N-ethyl adjacent to an activating group) is 1. The van der Waals surface area contributed by atoms with Gasteiger partial charge in [-0.05, 0) is 48.1 Å². The molecular weight excluding hydrogens is 533 g/mol. The third-order valence-corrected chi connectivity index (χ3v) is 8.02. The third kappa shape index (κ3) is 6.79. The first-order chi connectivity index (χ1) is 20.4. The van der Waals surface area contributed by atoms with Crippen LogP contribution in [0.4, 0.5) is 9.18 Å². The lowest BCUT2D eigenvalue weighted by atomic mass is 9.98. The average molecular weight is 572 g/mol. The maximum atomic E-state index is 13.9. The minimum absolute atomic E-state index is 0.00656. The number of rotatable bonds is 10. The molecule has 0 aromatic heterocycles. The zero-order chi connectivity index (χ0) is 29.5. The molecule has 2 saturated heterocycles. The lowest BCUT2D eigenvalue weighted by Gasteiger charge is -2.55. The number of piperazine rings is 1. The van der Waals surface area contributed by atoms with Gasteiger partial charge in [-0.3, -0.25) is 9.59 Å². The highest BCUT2D eigenvalue weighted by atomic mass is 19.1. The Bertz CT molecular complexity index is 1360. The van der Waals surface area contributed by atoms with Crippen LogP contribution in [-0.2, 0) is 29.0 Å². The first kappa shape index (κ1) is 29.3. The Morgan fingerprint density at radius 2 is 1.55 bits per heavy atom. The molecule has 0 aliphatic carbocycles. The number of unbranched alkanes of at least 4 members (excludes halogenated alkanes) is 1. The van der Waals surface area contributed by atoms with E-state index >= 15 is 0 Å². The summed E-state index contributed by atoms with van der Waals surface area (Å²) in [6, 6.07) is 24.9. The molecule has 2 aliphatic heterocycles. The van der Waals surface area contributed by atoms with Crippen LogP contribution in [0.25, 0.3) is 0 Å². The van der Waals surface area contributed by atoms with Gasteiger partial charge in [-0.25, -0.2) is 19.2 Å². The van der Waals surface area contributed by atoms with Crippen LogP contribution in [0.2, 0.25) is 0 Å². The van der Waals surface area contributed by atoms with Gasteiger partial charge < -0.3 is 15.1 Å². The number of aryl methyl sites for hydroxylation is 1. The van der Waals surface area contributed by atoms with Crippen LogP contribution >= 0.6 is 0 Å². The van der Waals surface area contributed by atoms with E-state index in [-0.39, 0.29) is 43.3 Å². The van der Waals surface area contributed by atoms with Gasteiger partial charge in [0.1, 0.15) is 18.0 Å². The number of carbonyl (C=O) groups is 3. The molecule has 9 heteroatoms. The van der Waals surface area contributed by atoms with Crippen LogP contribution in [0.1, 0.15) is 36.5 Å². The lowest BCUT2D eigenvalue weighted by Crippen LogP contribution is -2.76. The summed E-state index contributed by atoms with van der Waals surface area (Å²) in [5, 5.41) is 6.29. The van der Waals surface area contributed by atoms with Crippen molar-refractivity contribution in [2.24, 2.45) is 0 Å². The number of nitrogens with zero attached hydrogens (tertiary/aromatic N) is 4. The van der Waals surface area contributed by atoms with Crippen molar-refractivity contribution < 1.29 is 18.8 Å². The average Bonchev–Trinajstić information content (AvgIpc) is 3.01. The third-order valence-electron chi connectivity index (χ3n) is 8.02. The van der Waals surface area contributed by atoms with E-state index in [1.54, 1.807) is 27.1 Å². The number of fused-ring (bicyclic) bond motifs is 1. The van der Waals surface area contributed by atoms with Gasteiger partial charge in [0.05, 0.1) is 13.1 Å². The van der Waals surface area contributed by atoms with E-state index in [2.05, 4.69) is 17.4 Å². The second kappa shape index (κ2) is 13.6. The fourth-order valence-electron chi connectivity index (χ4n) is 5.84. The number of hydrogen-bond donors (Lipinski definition) is 1. The van der Waals surface area contributed by atoms with Crippen molar-refractivity contribution in [3.8, 4) is 0 Å². The molecular formula is C33H38FN5O3. The molecule has 2 aliphatic rings. The summed E-state index contributed by atoms with van der Waals surface area (Å²) in [6.45, 7) is 3.36. The van der Waals surface area contributed by atoms with Crippen molar-refractivity contribution in [1.29, 1.82) is 0 Å². The number of halogens is 1. The highest BCUT2D eigenvalue weighted by Crippen LogP contribution is 2.28. The molecule has 0 radical (unpaired) electrons. The van der Waals surface area contributed by atoms with E-state index in [9.17, 15) is 18.8 Å². The first-order valence-electron chi connectivity index (χ1n) is 14.7. The Labute approximate surface area is 246 Å². The summed E-state index contributed by atoms with van der Waals surface area (Å²) in [4.78, 5) is 44.6. The predicted molar refractivity (Wildman–Crippen MR) is 158 cm³/mol. The monoisotopic (exact) mass is 571 g/mol. The number of hydrogen-bond acceptors (Lipinski definition) is 4. The minimum atomic E-state index is -0.709. The quantitative estimate of drug-likeness (QED) is 0.370. The molecule has 1 N–H and O–H groups in total. The minimum Gasteiger partial charge on any atom is -0.337 e. The van der Waals surface area contributed by atoms with E-state index in [1.807, 2.05) is 60.4 Å². The number of urea groups is 1. The summed E-state index contributed by atoms with van der Waals surface area (Å²) in [5.41, 5.74) is 2.98. The second-order valence-corrected chi connectivity index (χ2v) is 10.8. The van der Waals surface area contributed by atoms with E-state index < -0.39 is 12.2 Å². The highest BCUT2D eigenvalue weighted by molar-refractivity contribution is 5.91. The van der Waals surface area contributed by atoms with Crippen LogP contribution in [0, 0.1) is 5.82 Å². The Morgan fingerprint density at radius 1 is 0.881 bits per heavy atom. The molecule has 2 heterocycles. The smallest absolute Gasteiger partial charge is 0.334 e. The highest BCUT2D eigenvalue weighted by Gasteiger charge is 2.50. The van der Waals surface area contributed by atoms with Crippen LogP contribution in [0.5, 0.6) is 0 Å². The van der Waals surface area contributed by atoms with Gasteiger partial charge >= 0.3 is 6.03 Å². The molecule has 2 atom stereocenters.